The van der Waals surface area contributed by atoms with Gasteiger partial charge in [-0.25, -0.2) is 18.2 Å². The Hall–Kier alpha value is -4.82. The second kappa shape index (κ2) is 17.4. The molecule has 0 saturated carbocycles. The van der Waals surface area contributed by atoms with E-state index in [0.29, 0.717) is 25.2 Å². The minimum atomic E-state index is -1.17. The molecule has 14 heteroatoms. The number of unbranched alkanes of at least 4 members (excludes halogenated alkanes) is 1. The molecular formula is C37H46F3N7O4. The van der Waals surface area contributed by atoms with Gasteiger partial charge in [0, 0.05) is 43.0 Å². The fraction of sp³-hybridized carbons (Fsp3) is 0.432. The Bertz CT molecular complexity index is 1710. The topological polar surface area (TPSA) is 157 Å². The molecule has 0 fully saturated rings. The van der Waals surface area contributed by atoms with E-state index in [2.05, 4.69) is 5.32 Å². The summed E-state index contributed by atoms with van der Waals surface area (Å²) in [5.74, 6) is -3.53. The summed E-state index contributed by atoms with van der Waals surface area (Å²) in [6.07, 6.45) is 4.99. The molecule has 4 amide bonds. The van der Waals surface area contributed by atoms with Gasteiger partial charge in [-0.1, -0.05) is 51.1 Å². The number of aromatic nitrogens is 2. The summed E-state index contributed by atoms with van der Waals surface area (Å²) in [5, 5.41) is 2.61. The molecule has 1 aliphatic heterocycles. The van der Waals surface area contributed by atoms with Crippen LogP contribution in [0.2, 0.25) is 0 Å². The molecule has 2 heterocycles. The Labute approximate surface area is 295 Å². The van der Waals surface area contributed by atoms with Crippen LogP contribution in [0.15, 0.2) is 66.9 Å². The Morgan fingerprint density at radius 1 is 1.00 bits per heavy atom. The van der Waals surface area contributed by atoms with E-state index >= 15 is 4.39 Å². The second-order valence-electron chi connectivity index (χ2n) is 13.7. The number of imidazole rings is 1. The zero-order valence-corrected chi connectivity index (χ0v) is 29.2. The molecule has 0 radical (unpaired) electrons. The summed E-state index contributed by atoms with van der Waals surface area (Å²) < 4.78 is 44.8. The number of nitrogens with zero attached hydrogens (tertiary/aromatic N) is 4. The number of carbonyl (C=O) groups is 4. The molecule has 3 aromatic rings. The summed E-state index contributed by atoms with van der Waals surface area (Å²) in [6, 6.07) is 9.56. The Balaban J connectivity index is 1.74. The van der Waals surface area contributed by atoms with Gasteiger partial charge in [-0.05, 0) is 61.4 Å². The van der Waals surface area contributed by atoms with Crippen LogP contribution in [0.3, 0.4) is 0 Å². The molecule has 5 N–H and O–H groups in total. The van der Waals surface area contributed by atoms with Gasteiger partial charge in [0.15, 0.2) is 0 Å². The van der Waals surface area contributed by atoms with Crippen LogP contribution >= 0.6 is 0 Å². The maximum atomic E-state index is 15.1. The monoisotopic (exact) mass is 709 g/mol. The number of hydrogen-bond acceptors (Lipinski definition) is 7. The summed E-state index contributed by atoms with van der Waals surface area (Å²) >= 11 is 0. The number of halogens is 3. The highest BCUT2D eigenvalue weighted by molar-refractivity contribution is 6.15. The Morgan fingerprint density at radius 2 is 1.69 bits per heavy atom. The van der Waals surface area contributed by atoms with Gasteiger partial charge in [-0.15, -0.1) is 0 Å². The minimum Gasteiger partial charge on any atom is -0.345 e. The first-order chi connectivity index (χ1) is 24.2. The van der Waals surface area contributed by atoms with Crippen LogP contribution in [-0.4, -0.2) is 81.4 Å². The number of hydrogen-bond donors (Lipinski definition) is 3. The number of rotatable bonds is 17. The predicted molar refractivity (Wildman–Crippen MR) is 186 cm³/mol. The molecule has 0 bridgehead atoms. The molecule has 3 atom stereocenters. The lowest BCUT2D eigenvalue weighted by Gasteiger charge is -2.40. The average Bonchev–Trinajstić information content (AvgIpc) is 3.65. The molecule has 274 valence electrons. The fourth-order valence-corrected chi connectivity index (χ4v) is 6.11. The van der Waals surface area contributed by atoms with E-state index in [0.717, 1.165) is 40.8 Å². The highest BCUT2D eigenvalue weighted by Gasteiger charge is 2.40. The lowest BCUT2D eigenvalue weighted by atomic mass is 9.84. The number of benzene rings is 2. The van der Waals surface area contributed by atoms with Crippen molar-refractivity contribution >= 4 is 23.6 Å². The molecule has 0 unspecified atom stereocenters. The molecule has 1 aromatic heterocycles. The largest absolute Gasteiger partial charge is 0.345 e. The van der Waals surface area contributed by atoms with Crippen molar-refractivity contribution in [2.45, 2.75) is 71.1 Å². The summed E-state index contributed by atoms with van der Waals surface area (Å²) in [6.45, 7) is 4.86. The standard InChI is InChI=1S/C37H46F3N7O4/c1-37(2,3)34(35-44-29(27-19-25(39)12-13-28(27)40)23-45(35)22-24-9-5-4-6-10-24)46(18-16-26(42)20-38)33(50)21-43-36(51)30(11-7-8-17-41)47-31(48)14-15-32(47)49/h4-6,9-10,12-15,19,23,26,30,34H,7-8,11,16-18,20-22,41-42H2,1-3H3,(H,43,51)/t26-,30-,34-/m0/s1. The van der Waals surface area contributed by atoms with Gasteiger partial charge in [0.2, 0.25) is 11.8 Å². The Kier molecular flexibility index (Phi) is 13.3. The van der Waals surface area contributed by atoms with E-state index in [9.17, 15) is 28.0 Å². The molecule has 11 nitrogen and oxygen atoms in total. The third-order valence-corrected chi connectivity index (χ3v) is 8.65. The lowest BCUT2D eigenvalue weighted by molar-refractivity contribution is -0.146. The summed E-state index contributed by atoms with van der Waals surface area (Å²) in [5.41, 5.74) is 11.8. The van der Waals surface area contributed by atoms with Crippen LogP contribution in [0, 0.1) is 17.0 Å². The lowest BCUT2D eigenvalue weighted by Crippen LogP contribution is -2.53. The minimum absolute atomic E-state index is 0.0312. The zero-order valence-electron chi connectivity index (χ0n) is 29.2. The molecule has 0 aliphatic carbocycles. The number of nitrogens with two attached hydrogens (primary N) is 2. The first-order valence-corrected chi connectivity index (χ1v) is 17.0. The molecule has 0 spiro atoms. The van der Waals surface area contributed by atoms with Gasteiger partial charge in [0.05, 0.1) is 18.3 Å². The van der Waals surface area contributed by atoms with E-state index in [1.807, 2.05) is 51.1 Å². The highest BCUT2D eigenvalue weighted by atomic mass is 19.1. The normalized spacial score (nSPS) is 14.9. The van der Waals surface area contributed by atoms with E-state index < -0.39 is 72.0 Å². The third kappa shape index (κ3) is 9.91. The molecule has 51 heavy (non-hydrogen) atoms. The van der Waals surface area contributed by atoms with Crippen LogP contribution < -0.4 is 16.8 Å². The number of amides is 4. The maximum absolute atomic E-state index is 15.1. The van der Waals surface area contributed by atoms with E-state index in [4.69, 9.17) is 16.5 Å². The number of carbonyl (C=O) groups excluding carboxylic acids is 4. The second-order valence-corrected chi connectivity index (χ2v) is 13.7. The van der Waals surface area contributed by atoms with Crippen molar-refractivity contribution in [3.05, 3.63) is 89.9 Å². The number of alkyl halides is 1. The molecular weight excluding hydrogens is 663 g/mol. The quantitative estimate of drug-likeness (QED) is 0.141. The zero-order chi connectivity index (χ0) is 37.3. The van der Waals surface area contributed by atoms with Crippen molar-refractivity contribution in [1.29, 1.82) is 0 Å². The SMILES string of the molecule is CC(C)(C)[C@H](c1nc(-c2cc(F)ccc2F)cn1Cc1ccccc1)N(CC[C@H](N)CF)C(=O)CNC(=O)[C@H](CCCCN)N1C(=O)C=CC1=O. The molecule has 0 saturated heterocycles. The molecule has 4 rings (SSSR count). The van der Waals surface area contributed by atoms with Gasteiger partial charge in [-0.2, -0.15) is 0 Å². The molecule has 1 aliphatic rings. The highest BCUT2D eigenvalue weighted by Crippen LogP contribution is 2.39. The van der Waals surface area contributed by atoms with Crippen LogP contribution in [-0.2, 0) is 25.7 Å². The fourth-order valence-electron chi connectivity index (χ4n) is 6.11. The van der Waals surface area contributed by atoms with Gasteiger partial charge in [0.1, 0.15) is 30.2 Å². The first-order valence-electron chi connectivity index (χ1n) is 17.0. The van der Waals surface area contributed by atoms with Gasteiger partial charge in [-0.3, -0.25) is 24.1 Å². The van der Waals surface area contributed by atoms with Crippen molar-refractivity contribution in [3.63, 3.8) is 0 Å². The number of nitrogens with one attached hydrogen (secondary N) is 1. The van der Waals surface area contributed by atoms with Crippen molar-refractivity contribution < 1.29 is 32.3 Å². The van der Waals surface area contributed by atoms with E-state index in [-0.39, 0.29) is 37.2 Å². The predicted octanol–water partition coefficient (Wildman–Crippen LogP) is 4.02. The third-order valence-electron chi connectivity index (χ3n) is 8.65. The van der Waals surface area contributed by atoms with Crippen LogP contribution in [0.1, 0.15) is 63.9 Å². The maximum Gasteiger partial charge on any atom is 0.254 e. The summed E-state index contributed by atoms with van der Waals surface area (Å²) in [7, 11) is 0. The van der Waals surface area contributed by atoms with Crippen molar-refractivity contribution in [2.75, 3.05) is 26.3 Å². The van der Waals surface area contributed by atoms with Crippen LogP contribution in [0.4, 0.5) is 13.2 Å². The average molecular weight is 710 g/mol. The van der Waals surface area contributed by atoms with Crippen molar-refractivity contribution in [1.82, 2.24) is 24.7 Å². The van der Waals surface area contributed by atoms with Gasteiger partial charge >= 0.3 is 0 Å². The van der Waals surface area contributed by atoms with Crippen LogP contribution in [0.25, 0.3) is 11.3 Å². The summed E-state index contributed by atoms with van der Waals surface area (Å²) in [4.78, 5) is 59.9. The van der Waals surface area contributed by atoms with E-state index in [1.165, 1.54) is 4.90 Å². The first kappa shape index (κ1) is 39.0. The van der Waals surface area contributed by atoms with Gasteiger partial charge in [0.25, 0.3) is 11.8 Å². The number of imide groups is 1. The van der Waals surface area contributed by atoms with Crippen LogP contribution in [0.5, 0.6) is 0 Å². The van der Waals surface area contributed by atoms with E-state index in [1.54, 1.807) is 10.8 Å². The van der Waals surface area contributed by atoms with Gasteiger partial charge < -0.3 is 26.3 Å². The smallest absolute Gasteiger partial charge is 0.254 e. The Morgan fingerprint density at radius 3 is 2.31 bits per heavy atom. The molecule has 2 aromatic carbocycles. The van der Waals surface area contributed by atoms with Crippen molar-refractivity contribution in [3.8, 4) is 11.3 Å². The van der Waals surface area contributed by atoms with Crippen molar-refractivity contribution in [2.24, 2.45) is 16.9 Å².